The molecule has 2 aliphatic carbocycles. The molecule has 3 unspecified atom stereocenters. The molecule has 0 saturated heterocycles. The zero-order valence-electron chi connectivity index (χ0n) is 29.0. The van der Waals surface area contributed by atoms with Gasteiger partial charge in [0.25, 0.3) is 0 Å². The first-order chi connectivity index (χ1) is 23.8. The molecule has 0 radical (unpaired) electrons. The number of fused-ring (bicyclic) bond motifs is 9. The highest BCUT2D eigenvalue weighted by atomic mass is 16.3. The molecule has 1 N–H and O–H groups in total. The van der Waals surface area contributed by atoms with Crippen molar-refractivity contribution in [2.45, 2.75) is 71.1 Å². The standard InChI is InChI=1S/C46H42BNO/c1-27-15-17-31(18-16-27)48-39-24-30-12-6-5-11-29(30)23-33(39)34-25-35-32-13-7-8-14-40(32)49-44(35)42-36-26-45(3)19-9-10-20-46(45,4)37-21-28(2)22-38(41(36)37)47-43(34)42/h5-8,11-18,21-25,36,47-48H,9-10,19-20,26H2,1-4H3. The average Bonchev–Trinajstić information content (AvgIpc) is 3.47. The van der Waals surface area contributed by atoms with Gasteiger partial charge in [-0.3, -0.25) is 0 Å². The first-order valence-electron chi connectivity index (χ1n) is 18.3. The van der Waals surface area contributed by atoms with E-state index in [1.807, 2.05) is 0 Å². The van der Waals surface area contributed by atoms with Crippen LogP contribution in [0.4, 0.5) is 11.4 Å². The lowest BCUT2D eigenvalue weighted by Gasteiger charge is -2.57. The first kappa shape index (κ1) is 29.2. The molecule has 2 heterocycles. The van der Waals surface area contributed by atoms with Gasteiger partial charge in [-0.15, -0.1) is 0 Å². The lowest BCUT2D eigenvalue weighted by Crippen LogP contribution is -2.53. The summed E-state index contributed by atoms with van der Waals surface area (Å²) >= 11 is 0. The van der Waals surface area contributed by atoms with Gasteiger partial charge < -0.3 is 9.73 Å². The van der Waals surface area contributed by atoms with Crippen LogP contribution in [0.3, 0.4) is 0 Å². The number of para-hydroxylation sites is 1. The second-order valence-electron chi connectivity index (χ2n) is 15.9. The first-order valence-corrected chi connectivity index (χ1v) is 18.3. The van der Waals surface area contributed by atoms with Crippen LogP contribution in [0.2, 0.25) is 0 Å². The summed E-state index contributed by atoms with van der Waals surface area (Å²) in [4.78, 5) is 0. The number of rotatable bonds is 3. The molecule has 1 aromatic heterocycles. The summed E-state index contributed by atoms with van der Waals surface area (Å²) < 4.78 is 6.96. The van der Waals surface area contributed by atoms with Crippen LogP contribution >= 0.6 is 0 Å². The molecule has 3 heteroatoms. The third-order valence-electron chi connectivity index (χ3n) is 13.0. The molecule has 6 aromatic carbocycles. The maximum absolute atomic E-state index is 6.96. The van der Waals surface area contributed by atoms with Gasteiger partial charge in [-0.1, -0.05) is 115 Å². The van der Waals surface area contributed by atoms with Crippen LogP contribution in [-0.2, 0) is 5.41 Å². The molecular formula is C46H42BNO. The Balaban J connectivity index is 1.30. The van der Waals surface area contributed by atoms with Gasteiger partial charge in [0.2, 0.25) is 0 Å². The number of nitrogens with one attached hydrogen (secondary N) is 1. The number of benzene rings is 6. The summed E-state index contributed by atoms with van der Waals surface area (Å²) in [7, 11) is 0.918. The molecule has 1 saturated carbocycles. The van der Waals surface area contributed by atoms with E-state index in [9.17, 15) is 0 Å². The molecule has 1 fully saturated rings. The van der Waals surface area contributed by atoms with Gasteiger partial charge in [0.1, 0.15) is 11.2 Å². The van der Waals surface area contributed by atoms with Gasteiger partial charge in [-0.2, -0.15) is 0 Å². The van der Waals surface area contributed by atoms with Gasteiger partial charge in [-0.05, 0) is 113 Å². The van der Waals surface area contributed by atoms with Crippen LogP contribution in [-0.4, -0.2) is 7.28 Å². The predicted octanol–water partition coefficient (Wildman–Crippen LogP) is 10.8. The average molecular weight is 636 g/mol. The van der Waals surface area contributed by atoms with E-state index in [-0.39, 0.29) is 10.8 Å². The summed E-state index contributed by atoms with van der Waals surface area (Å²) in [6.45, 7) is 9.67. The fraction of sp³-hybridized carbons (Fsp3) is 0.261. The molecule has 3 aliphatic rings. The molecule has 0 amide bonds. The van der Waals surface area contributed by atoms with Crippen LogP contribution < -0.4 is 16.2 Å². The molecule has 240 valence electrons. The number of hydrogen-bond acceptors (Lipinski definition) is 2. The molecule has 0 bridgehead atoms. The Kier molecular flexibility index (Phi) is 6.18. The largest absolute Gasteiger partial charge is 0.456 e. The summed E-state index contributed by atoms with van der Waals surface area (Å²) in [5.41, 5.74) is 17.6. The van der Waals surface area contributed by atoms with Gasteiger partial charge in [0, 0.05) is 33.6 Å². The summed E-state index contributed by atoms with van der Waals surface area (Å²) in [5, 5.41) is 8.81. The van der Waals surface area contributed by atoms with Crippen molar-refractivity contribution in [1.82, 2.24) is 0 Å². The van der Waals surface area contributed by atoms with E-state index >= 15 is 0 Å². The molecule has 7 aromatic rings. The molecule has 10 rings (SSSR count). The second-order valence-corrected chi connectivity index (χ2v) is 15.9. The smallest absolute Gasteiger partial charge is 0.194 e. The topological polar surface area (TPSA) is 25.2 Å². The fourth-order valence-corrected chi connectivity index (χ4v) is 10.3. The molecule has 1 aliphatic heterocycles. The van der Waals surface area contributed by atoms with E-state index in [0.29, 0.717) is 5.92 Å². The molecule has 49 heavy (non-hydrogen) atoms. The highest BCUT2D eigenvalue weighted by molar-refractivity contribution is 6.71. The molecular weight excluding hydrogens is 593 g/mol. The van der Waals surface area contributed by atoms with Crippen LogP contribution in [0.5, 0.6) is 0 Å². The lowest BCUT2D eigenvalue weighted by molar-refractivity contribution is 0.0604. The minimum absolute atomic E-state index is 0.198. The zero-order chi connectivity index (χ0) is 33.1. The minimum atomic E-state index is 0.198. The van der Waals surface area contributed by atoms with E-state index in [2.05, 4.69) is 136 Å². The SMILES string of the molecule is Cc1ccc(Nc2cc3ccccc3cc2-c2cc3c(oc4ccccc43)c3c2Bc2cc(C)cc4c2C3CC2(C)CCCCC42C)cc1. The van der Waals surface area contributed by atoms with Crippen molar-refractivity contribution in [1.29, 1.82) is 0 Å². The Morgan fingerprint density at radius 2 is 1.47 bits per heavy atom. The van der Waals surface area contributed by atoms with E-state index in [1.54, 1.807) is 11.1 Å². The van der Waals surface area contributed by atoms with Crippen molar-refractivity contribution in [2.75, 3.05) is 5.32 Å². The third kappa shape index (κ3) is 4.21. The van der Waals surface area contributed by atoms with Crippen molar-refractivity contribution in [3.05, 3.63) is 131 Å². The van der Waals surface area contributed by atoms with Crippen molar-refractivity contribution in [3.63, 3.8) is 0 Å². The van der Waals surface area contributed by atoms with E-state index in [1.165, 1.54) is 92.4 Å². The van der Waals surface area contributed by atoms with E-state index in [4.69, 9.17) is 4.42 Å². The van der Waals surface area contributed by atoms with Crippen LogP contribution in [0.25, 0.3) is 43.8 Å². The lowest BCUT2D eigenvalue weighted by atomic mass is 9.42. The van der Waals surface area contributed by atoms with Gasteiger partial charge in [0.15, 0.2) is 7.28 Å². The van der Waals surface area contributed by atoms with Gasteiger partial charge in [-0.25, -0.2) is 0 Å². The van der Waals surface area contributed by atoms with Crippen LogP contribution in [0, 0.1) is 19.3 Å². The quantitative estimate of drug-likeness (QED) is 0.196. The summed E-state index contributed by atoms with van der Waals surface area (Å²) in [6.07, 6.45) is 6.39. The van der Waals surface area contributed by atoms with Crippen molar-refractivity contribution >= 4 is 62.3 Å². The van der Waals surface area contributed by atoms with Crippen molar-refractivity contribution < 1.29 is 4.42 Å². The Hall–Kier alpha value is -4.76. The Labute approximate surface area is 289 Å². The van der Waals surface area contributed by atoms with Crippen LogP contribution in [0.15, 0.2) is 108 Å². The highest BCUT2D eigenvalue weighted by Crippen LogP contribution is 2.62. The maximum atomic E-state index is 6.96. The van der Waals surface area contributed by atoms with E-state index in [0.717, 1.165) is 29.8 Å². The number of anilines is 2. The highest BCUT2D eigenvalue weighted by Gasteiger charge is 2.54. The van der Waals surface area contributed by atoms with Crippen molar-refractivity contribution in [3.8, 4) is 11.1 Å². The minimum Gasteiger partial charge on any atom is -0.456 e. The number of aryl methyl sites for hydroxylation is 2. The van der Waals surface area contributed by atoms with Crippen molar-refractivity contribution in [2.24, 2.45) is 5.41 Å². The molecule has 3 atom stereocenters. The Morgan fingerprint density at radius 1 is 0.714 bits per heavy atom. The maximum Gasteiger partial charge on any atom is 0.194 e. The summed E-state index contributed by atoms with van der Waals surface area (Å²) in [5.74, 6) is 0.308. The zero-order valence-corrected chi connectivity index (χ0v) is 29.0. The fourth-order valence-electron chi connectivity index (χ4n) is 10.3. The molecule has 2 nitrogen and oxygen atoms in total. The Morgan fingerprint density at radius 3 is 2.31 bits per heavy atom. The molecule has 0 spiro atoms. The predicted molar refractivity (Wildman–Crippen MR) is 209 cm³/mol. The number of hydrogen-bond donors (Lipinski definition) is 1. The van der Waals surface area contributed by atoms with E-state index < -0.39 is 0 Å². The summed E-state index contributed by atoms with van der Waals surface area (Å²) in [6, 6.07) is 38.5. The third-order valence-corrected chi connectivity index (χ3v) is 13.0. The number of furan rings is 1. The van der Waals surface area contributed by atoms with Gasteiger partial charge in [0.05, 0.1) is 0 Å². The normalized spacial score (nSPS) is 22.4. The monoisotopic (exact) mass is 635 g/mol. The Bertz CT molecular complexity index is 2490. The van der Waals surface area contributed by atoms with Gasteiger partial charge >= 0.3 is 0 Å². The van der Waals surface area contributed by atoms with Crippen LogP contribution in [0.1, 0.15) is 79.7 Å². The second kappa shape index (κ2) is 10.4.